The van der Waals surface area contributed by atoms with Crippen molar-refractivity contribution in [2.75, 3.05) is 30.2 Å². The number of fused-ring (bicyclic) bond motifs is 1. The van der Waals surface area contributed by atoms with E-state index in [1.54, 1.807) is 72.3 Å². The molecule has 40 heavy (non-hydrogen) atoms. The van der Waals surface area contributed by atoms with Gasteiger partial charge in [-0.05, 0) is 48.5 Å². The fraction of sp³-hybridized carbons (Fsp3) is 0.111. The van der Waals surface area contributed by atoms with Gasteiger partial charge in [-0.2, -0.15) is 0 Å². The van der Waals surface area contributed by atoms with Gasteiger partial charge in [-0.25, -0.2) is 9.59 Å². The molecule has 0 saturated carbocycles. The van der Waals surface area contributed by atoms with E-state index in [4.69, 9.17) is 21.1 Å². The van der Waals surface area contributed by atoms with E-state index in [0.717, 1.165) is 5.39 Å². The Balaban J connectivity index is 1.36. The average molecular weight is 563 g/mol. The highest BCUT2D eigenvalue weighted by atomic mass is 35.5. The summed E-state index contributed by atoms with van der Waals surface area (Å²) in [4.78, 5) is 39.9. The number of H-pyrrole nitrogens is 1. The standard InChI is InChI=1S/C27H23ClN6O6/c1-34-21-12-16(29-26(36)31-20-13-17(38-2)7-9-23(20)39-3)6-4-14(21)10-22(34)25(35)30-19-8-5-15(28)11-18(19)24-32-27(37)40-33-24/h4-13H,1-3H3,(H,30,35)(H2,29,31,36)(H,32,33,37). The van der Waals surface area contributed by atoms with Crippen molar-refractivity contribution in [3.8, 4) is 22.9 Å². The van der Waals surface area contributed by atoms with Crippen LogP contribution in [0.5, 0.6) is 11.5 Å². The Kier molecular flexibility index (Phi) is 7.17. The maximum Gasteiger partial charge on any atom is 0.439 e. The van der Waals surface area contributed by atoms with Crippen molar-refractivity contribution in [1.29, 1.82) is 0 Å². The van der Waals surface area contributed by atoms with Crippen LogP contribution in [0.15, 0.2) is 70.0 Å². The van der Waals surface area contributed by atoms with E-state index in [9.17, 15) is 14.4 Å². The SMILES string of the molecule is COc1ccc(OC)c(NC(=O)Nc2ccc3cc(C(=O)Nc4ccc(Cl)cc4-c4noc(=O)[nH]4)n(C)c3c2)c1. The zero-order chi connectivity index (χ0) is 28.4. The fourth-order valence-electron chi connectivity index (χ4n) is 4.18. The number of hydrogen-bond donors (Lipinski definition) is 4. The predicted molar refractivity (Wildman–Crippen MR) is 151 cm³/mol. The van der Waals surface area contributed by atoms with Crippen molar-refractivity contribution in [2.45, 2.75) is 0 Å². The number of urea groups is 1. The van der Waals surface area contributed by atoms with E-state index in [2.05, 4.69) is 30.6 Å². The van der Waals surface area contributed by atoms with Gasteiger partial charge < -0.3 is 30.0 Å². The summed E-state index contributed by atoms with van der Waals surface area (Å²) in [5.74, 6) is 0.0166. The summed E-state index contributed by atoms with van der Waals surface area (Å²) >= 11 is 6.12. The lowest BCUT2D eigenvalue weighted by molar-refractivity contribution is 0.101. The molecule has 5 aromatic rings. The molecule has 0 aliphatic carbocycles. The molecule has 0 aliphatic rings. The number of methoxy groups -OCH3 is 2. The quantitative estimate of drug-likeness (QED) is 0.215. The van der Waals surface area contributed by atoms with E-state index in [1.807, 2.05) is 0 Å². The number of benzene rings is 3. The first kappa shape index (κ1) is 26.4. The summed E-state index contributed by atoms with van der Waals surface area (Å²) in [6, 6.07) is 16.3. The van der Waals surface area contributed by atoms with Crippen LogP contribution in [-0.2, 0) is 7.05 Å². The zero-order valence-electron chi connectivity index (χ0n) is 21.5. The van der Waals surface area contributed by atoms with E-state index in [1.165, 1.54) is 14.2 Å². The van der Waals surface area contributed by atoms with Crippen molar-refractivity contribution in [1.82, 2.24) is 14.7 Å². The van der Waals surface area contributed by atoms with E-state index in [-0.39, 0.29) is 5.82 Å². The lowest BCUT2D eigenvalue weighted by Gasteiger charge is -2.13. The number of rotatable bonds is 7. The first-order valence-electron chi connectivity index (χ1n) is 11.8. The molecule has 0 atom stereocenters. The Morgan fingerprint density at radius 2 is 1.77 bits per heavy atom. The molecule has 0 bridgehead atoms. The molecule has 2 heterocycles. The largest absolute Gasteiger partial charge is 0.497 e. The molecule has 204 valence electrons. The van der Waals surface area contributed by atoms with Crippen LogP contribution in [0.25, 0.3) is 22.3 Å². The highest BCUT2D eigenvalue weighted by Gasteiger charge is 2.18. The Morgan fingerprint density at radius 3 is 2.50 bits per heavy atom. The van der Waals surface area contributed by atoms with E-state index >= 15 is 0 Å². The highest BCUT2D eigenvalue weighted by molar-refractivity contribution is 6.31. The molecular weight excluding hydrogens is 540 g/mol. The summed E-state index contributed by atoms with van der Waals surface area (Å²) < 4.78 is 16.8. The third kappa shape index (κ3) is 5.33. The number of carbonyl (C=O) groups is 2. The van der Waals surface area contributed by atoms with Gasteiger partial charge in [0.2, 0.25) is 0 Å². The highest BCUT2D eigenvalue weighted by Crippen LogP contribution is 2.31. The molecule has 0 spiro atoms. The van der Waals surface area contributed by atoms with Gasteiger partial charge >= 0.3 is 11.8 Å². The minimum absolute atomic E-state index is 0.125. The molecule has 5 rings (SSSR count). The lowest BCUT2D eigenvalue weighted by atomic mass is 10.1. The number of ether oxygens (including phenoxy) is 2. The number of hydrogen-bond acceptors (Lipinski definition) is 7. The van der Waals surface area contributed by atoms with Crippen molar-refractivity contribution in [3.63, 3.8) is 0 Å². The number of nitrogens with zero attached hydrogens (tertiary/aromatic N) is 2. The van der Waals surface area contributed by atoms with Gasteiger partial charge in [0.25, 0.3) is 5.91 Å². The number of nitrogens with one attached hydrogen (secondary N) is 4. The van der Waals surface area contributed by atoms with Gasteiger partial charge in [-0.1, -0.05) is 22.8 Å². The fourth-order valence-corrected chi connectivity index (χ4v) is 4.35. The first-order valence-corrected chi connectivity index (χ1v) is 12.2. The van der Waals surface area contributed by atoms with Gasteiger partial charge in [-0.3, -0.25) is 14.3 Å². The third-order valence-corrected chi connectivity index (χ3v) is 6.35. The summed E-state index contributed by atoms with van der Waals surface area (Å²) in [6.07, 6.45) is 0. The topological polar surface area (TPSA) is 153 Å². The molecule has 12 nitrogen and oxygen atoms in total. The van der Waals surface area contributed by atoms with Crippen molar-refractivity contribution < 1.29 is 23.6 Å². The molecule has 0 aliphatic heterocycles. The molecule has 3 amide bonds. The van der Waals surface area contributed by atoms with Crippen LogP contribution >= 0.6 is 11.6 Å². The van der Waals surface area contributed by atoms with Crippen LogP contribution in [0.2, 0.25) is 5.02 Å². The number of amides is 3. The predicted octanol–water partition coefficient (Wildman–Crippen LogP) is 5.09. The molecule has 2 aromatic heterocycles. The molecule has 13 heteroatoms. The maximum atomic E-state index is 13.3. The summed E-state index contributed by atoms with van der Waals surface area (Å²) in [5.41, 5.74) is 2.77. The number of aryl methyl sites for hydroxylation is 1. The first-order chi connectivity index (χ1) is 19.2. The molecule has 0 saturated heterocycles. The number of halogens is 1. The number of aromatic amines is 1. The normalized spacial score (nSPS) is 10.8. The smallest absolute Gasteiger partial charge is 0.439 e. The van der Waals surface area contributed by atoms with Gasteiger partial charge in [0.1, 0.15) is 17.2 Å². The van der Waals surface area contributed by atoms with Crippen LogP contribution in [0, 0.1) is 0 Å². The maximum absolute atomic E-state index is 13.3. The second-order valence-corrected chi connectivity index (χ2v) is 9.03. The Hall–Kier alpha value is -5.23. The molecule has 0 fully saturated rings. The van der Waals surface area contributed by atoms with E-state index in [0.29, 0.717) is 50.4 Å². The molecule has 3 aromatic carbocycles. The van der Waals surface area contributed by atoms with Crippen LogP contribution in [-0.4, -0.2) is 40.9 Å². The Labute approximate surface area is 231 Å². The van der Waals surface area contributed by atoms with Gasteiger partial charge in [-0.15, -0.1) is 0 Å². The summed E-state index contributed by atoms with van der Waals surface area (Å²) in [6.45, 7) is 0. The third-order valence-electron chi connectivity index (χ3n) is 6.12. The molecular formula is C27H23ClN6O6. The van der Waals surface area contributed by atoms with Crippen molar-refractivity contribution in [3.05, 3.63) is 81.9 Å². The second-order valence-electron chi connectivity index (χ2n) is 8.60. The molecule has 0 unspecified atom stereocenters. The number of aromatic nitrogens is 3. The monoisotopic (exact) mass is 562 g/mol. The van der Waals surface area contributed by atoms with Crippen LogP contribution in [0.3, 0.4) is 0 Å². The van der Waals surface area contributed by atoms with Gasteiger partial charge in [0, 0.05) is 34.8 Å². The zero-order valence-corrected chi connectivity index (χ0v) is 22.3. The van der Waals surface area contributed by atoms with Gasteiger partial charge in [0.05, 0.1) is 31.1 Å². The second kappa shape index (κ2) is 10.9. The van der Waals surface area contributed by atoms with Crippen LogP contribution in [0.1, 0.15) is 10.5 Å². The molecule has 0 radical (unpaired) electrons. The molecule has 4 N–H and O–H groups in total. The summed E-state index contributed by atoms with van der Waals surface area (Å²) in [5, 5.41) is 13.2. The Morgan fingerprint density at radius 1 is 0.950 bits per heavy atom. The van der Waals surface area contributed by atoms with Crippen LogP contribution in [0.4, 0.5) is 21.9 Å². The summed E-state index contributed by atoms with van der Waals surface area (Å²) in [7, 11) is 4.77. The average Bonchev–Trinajstić information content (AvgIpc) is 3.52. The number of anilines is 3. The van der Waals surface area contributed by atoms with Crippen LogP contribution < -0.4 is 31.2 Å². The Bertz CT molecular complexity index is 1810. The van der Waals surface area contributed by atoms with Gasteiger partial charge in [0.15, 0.2) is 5.82 Å². The van der Waals surface area contributed by atoms with Crippen molar-refractivity contribution in [2.24, 2.45) is 7.05 Å². The number of carbonyl (C=O) groups excluding carboxylic acids is 2. The minimum Gasteiger partial charge on any atom is -0.497 e. The minimum atomic E-state index is -0.735. The van der Waals surface area contributed by atoms with Crippen molar-refractivity contribution >= 4 is 51.5 Å². The van der Waals surface area contributed by atoms with E-state index < -0.39 is 17.7 Å². The lowest BCUT2D eigenvalue weighted by Crippen LogP contribution is -2.20.